The minimum atomic E-state index is -0.635. The Morgan fingerprint density at radius 3 is 2.00 bits per heavy atom. The van der Waals surface area contributed by atoms with Crippen molar-refractivity contribution in [3.05, 3.63) is 0 Å². The predicted octanol–water partition coefficient (Wildman–Crippen LogP) is 1.06. The Balaban J connectivity index is 3.65. The molecule has 0 bridgehead atoms. The highest BCUT2D eigenvalue weighted by molar-refractivity contribution is 7.98. The number of Topliss-reactive ketones (excluding diaryl/α,β-unsaturated/α-hetero) is 1. The highest BCUT2D eigenvalue weighted by atomic mass is 32.1. The van der Waals surface area contributed by atoms with Gasteiger partial charge in [0.2, 0.25) is 5.78 Å². The van der Waals surface area contributed by atoms with Gasteiger partial charge in [-0.25, -0.2) is 0 Å². The molecule has 0 radical (unpaired) electrons. The van der Waals surface area contributed by atoms with Crippen molar-refractivity contribution in [1.82, 2.24) is 0 Å². The number of carbonyl (C=O) groups is 2. The molecule has 0 unspecified atom stereocenters. The molecular formula is C6H10O2S. The Labute approximate surface area is 60.0 Å². The fourth-order valence-electron chi connectivity index (χ4n) is 0.458. The summed E-state index contributed by atoms with van der Waals surface area (Å²) in [6, 6.07) is 0. The highest BCUT2D eigenvalue weighted by Gasteiger charge is 2.09. The van der Waals surface area contributed by atoms with Crippen molar-refractivity contribution in [2.45, 2.75) is 20.3 Å². The van der Waals surface area contributed by atoms with Crippen LogP contribution in [0.15, 0.2) is 0 Å². The van der Waals surface area contributed by atoms with Gasteiger partial charge in [0.25, 0.3) is 5.12 Å². The average molecular weight is 146 g/mol. The summed E-state index contributed by atoms with van der Waals surface area (Å²) in [5, 5.41) is -0.635. The van der Waals surface area contributed by atoms with Crippen LogP contribution in [0.4, 0.5) is 0 Å². The molecule has 0 amide bonds. The van der Waals surface area contributed by atoms with E-state index in [0.717, 1.165) is 0 Å². The van der Waals surface area contributed by atoms with E-state index in [2.05, 4.69) is 12.6 Å². The van der Waals surface area contributed by atoms with Crippen LogP contribution in [0.3, 0.4) is 0 Å². The van der Waals surface area contributed by atoms with E-state index in [1.807, 2.05) is 13.8 Å². The minimum absolute atomic E-state index is 0.244. The highest BCUT2D eigenvalue weighted by Crippen LogP contribution is 2.01. The molecule has 9 heavy (non-hydrogen) atoms. The molecule has 2 nitrogen and oxygen atoms in total. The number of carbonyl (C=O) groups excluding carboxylic acids is 2. The molecular weight excluding hydrogens is 136 g/mol. The maximum Gasteiger partial charge on any atom is 0.251 e. The van der Waals surface area contributed by atoms with E-state index < -0.39 is 10.9 Å². The first-order valence-electron chi connectivity index (χ1n) is 2.80. The van der Waals surface area contributed by atoms with Crippen LogP contribution in [0.2, 0.25) is 0 Å². The van der Waals surface area contributed by atoms with Crippen LogP contribution in [0.5, 0.6) is 0 Å². The van der Waals surface area contributed by atoms with Crippen LogP contribution in [0, 0.1) is 5.92 Å². The van der Waals surface area contributed by atoms with Gasteiger partial charge in [-0.05, 0) is 5.92 Å². The summed E-state index contributed by atoms with van der Waals surface area (Å²) < 4.78 is 0. The molecule has 0 heterocycles. The maximum atomic E-state index is 10.5. The second kappa shape index (κ2) is 3.67. The van der Waals surface area contributed by atoms with Crippen LogP contribution in [0.25, 0.3) is 0 Å². The zero-order valence-corrected chi connectivity index (χ0v) is 6.44. The van der Waals surface area contributed by atoms with E-state index in [4.69, 9.17) is 0 Å². The summed E-state index contributed by atoms with van der Waals surface area (Å²) in [7, 11) is 0. The second-order valence-corrected chi connectivity index (χ2v) is 2.73. The topological polar surface area (TPSA) is 34.1 Å². The fourth-order valence-corrected chi connectivity index (χ4v) is 0.549. The van der Waals surface area contributed by atoms with Crippen molar-refractivity contribution in [2.24, 2.45) is 5.92 Å². The first-order valence-corrected chi connectivity index (χ1v) is 3.25. The number of ketones is 1. The average Bonchev–Trinajstić information content (AvgIpc) is 1.63. The zero-order valence-electron chi connectivity index (χ0n) is 5.55. The van der Waals surface area contributed by atoms with Gasteiger partial charge >= 0.3 is 0 Å². The molecule has 0 atom stereocenters. The third-order valence-electron chi connectivity index (χ3n) is 0.832. The zero-order chi connectivity index (χ0) is 7.44. The molecule has 52 valence electrons. The first-order chi connectivity index (χ1) is 4.04. The molecule has 0 aliphatic carbocycles. The monoisotopic (exact) mass is 146 g/mol. The molecule has 3 heteroatoms. The molecule has 0 N–H and O–H groups in total. The SMILES string of the molecule is CC(C)CC(=O)C(=O)S. The fraction of sp³-hybridized carbons (Fsp3) is 0.667. The Bertz CT molecular complexity index is 129. The summed E-state index contributed by atoms with van der Waals surface area (Å²) in [5.74, 6) is -0.151. The third kappa shape index (κ3) is 4.21. The van der Waals surface area contributed by atoms with Gasteiger partial charge in [-0.2, -0.15) is 0 Å². The predicted molar refractivity (Wildman–Crippen MR) is 38.5 cm³/mol. The lowest BCUT2D eigenvalue weighted by molar-refractivity contribution is -0.132. The van der Waals surface area contributed by atoms with Gasteiger partial charge in [0.15, 0.2) is 0 Å². The van der Waals surface area contributed by atoms with Crippen LogP contribution < -0.4 is 0 Å². The molecule has 0 spiro atoms. The lowest BCUT2D eigenvalue weighted by Crippen LogP contribution is -2.09. The van der Waals surface area contributed by atoms with Crippen LogP contribution in [-0.2, 0) is 9.59 Å². The van der Waals surface area contributed by atoms with Gasteiger partial charge in [0.05, 0.1) is 0 Å². The molecule has 0 aliphatic heterocycles. The van der Waals surface area contributed by atoms with Crippen LogP contribution in [-0.4, -0.2) is 10.9 Å². The van der Waals surface area contributed by atoms with E-state index in [-0.39, 0.29) is 5.92 Å². The Hall–Kier alpha value is -0.310. The number of hydrogen-bond acceptors (Lipinski definition) is 2. The maximum absolute atomic E-state index is 10.5. The van der Waals surface area contributed by atoms with E-state index in [0.29, 0.717) is 6.42 Å². The van der Waals surface area contributed by atoms with E-state index in [9.17, 15) is 9.59 Å². The van der Waals surface area contributed by atoms with Crippen molar-refractivity contribution in [3.8, 4) is 0 Å². The van der Waals surface area contributed by atoms with Gasteiger partial charge < -0.3 is 0 Å². The number of hydrogen-bond donors (Lipinski definition) is 1. The van der Waals surface area contributed by atoms with E-state index in [1.165, 1.54) is 0 Å². The molecule has 0 fully saturated rings. The first kappa shape index (κ1) is 8.69. The van der Waals surface area contributed by atoms with Gasteiger partial charge in [-0.3, -0.25) is 9.59 Å². The minimum Gasteiger partial charge on any atom is -0.290 e. The van der Waals surface area contributed by atoms with Crippen molar-refractivity contribution in [2.75, 3.05) is 0 Å². The van der Waals surface area contributed by atoms with Gasteiger partial charge in [-0.1, -0.05) is 26.5 Å². The largest absolute Gasteiger partial charge is 0.290 e. The molecule has 0 rings (SSSR count). The Morgan fingerprint density at radius 1 is 1.44 bits per heavy atom. The molecule has 0 aliphatic rings. The third-order valence-corrected chi connectivity index (χ3v) is 1.08. The van der Waals surface area contributed by atoms with Gasteiger partial charge in [0.1, 0.15) is 0 Å². The van der Waals surface area contributed by atoms with Crippen molar-refractivity contribution >= 4 is 23.5 Å². The smallest absolute Gasteiger partial charge is 0.251 e. The lowest BCUT2D eigenvalue weighted by atomic mass is 10.1. The van der Waals surface area contributed by atoms with Crippen molar-refractivity contribution in [3.63, 3.8) is 0 Å². The number of rotatable bonds is 3. The van der Waals surface area contributed by atoms with Crippen molar-refractivity contribution in [1.29, 1.82) is 0 Å². The van der Waals surface area contributed by atoms with E-state index >= 15 is 0 Å². The molecule has 0 saturated carbocycles. The second-order valence-electron chi connectivity index (χ2n) is 2.33. The van der Waals surface area contributed by atoms with E-state index in [1.54, 1.807) is 0 Å². The lowest BCUT2D eigenvalue weighted by Gasteiger charge is -1.97. The summed E-state index contributed by atoms with van der Waals surface area (Å²) in [6.07, 6.45) is 0.308. The van der Waals surface area contributed by atoms with Crippen molar-refractivity contribution < 1.29 is 9.59 Å². The molecule has 0 aromatic rings. The Morgan fingerprint density at radius 2 is 1.89 bits per heavy atom. The quantitative estimate of drug-likeness (QED) is 0.477. The summed E-state index contributed by atoms with van der Waals surface area (Å²) in [5.41, 5.74) is 0. The number of thiol groups is 1. The normalized spacial score (nSPS) is 9.78. The summed E-state index contributed by atoms with van der Waals surface area (Å²) in [6.45, 7) is 3.77. The van der Waals surface area contributed by atoms with Crippen LogP contribution in [0.1, 0.15) is 20.3 Å². The molecule has 0 saturated heterocycles. The Kier molecular flexibility index (Phi) is 3.54. The summed E-state index contributed by atoms with van der Waals surface area (Å²) in [4.78, 5) is 20.7. The summed E-state index contributed by atoms with van der Waals surface area (Å²) >= 11 is 3.38. The standard InChI is InChI=1S/C6H10O2S/c1-4(2)3-5(7)6(8)9/h4H,3H2,1-2H3,(H,8,9). The molecule has 0 aromatic heterocycles. The molecule has 0 aromatic carbocycles. The van der Waals surface area contributed by atoms with Gasteiger partial charge in [0, 0.05) is 6.42 Å². The van der Waals surface area contributed by atoms with Crippen LogP contribution >= 0.6 is 12.6 Å². The van der Waals surface area contributed by atoms with Gasteiger partial charge in [-0.15, -0.1) is 0 Å².